The van der Waals surface area contributed by atoms with Crippen LogP contribution in [0.3, 0.4) is 0 Å². The average molecular weight is 328 g/mol. The van der Waals surface area contributed by atoms with Crippen LogP contribution in [0.25, 0.3) is 0 Å². The molecule has 2 nitrogen and oxygen atoms in total. The van der Waals surface area contributed by atoms with Gasteiger partial charge in [-0.3, -0.25) is 4.79 Å². The van der Waals surface area contributed by atoms with Gasteiger partial charge in [-0.15, -0.1) is 0 Å². The lowest BCUT2D eigenvalue weighted by atomic mass is 9.98. The smallest absolute Gasteiger partial charge is 0.256 e. The summed E-state index contributed by atoms with van der Waals surface area (Å²) in [5.41, 5.74) is 0.171. The van der Waals surface area contributed by atoms with Gasteiger partial charge < -0.3 is 4.90 Å². The van der Waals surface area contributed by atoms with Crippen molar-refractivity contribution in [1.29, 1.82) is 0 Å². The molecule has 1 unspecified atom stereocenters. The molecule has 0 radical (unpaired) electrons. The summed E-state index contributed by atoms with van der Waals surface area (Å²) < 4.78 is 14.5. The van der Waals surface area contributed by atoms with Gasteiger partial charge in [-0.2, -0.15) is 0 Å². The monoisotopic (exact) mass is 327 g/mol. The summed E-state index contributed by atoms with van der Waals surface area (Å²) >= 11 is 3.29. The van der Waals surface area contributed by atoms with Crippen LogP contribution in [0.1, 0.15) is 43.0 Å². The van der Waals surface area contributed by atoms with E-state index < -0.39 is 5.82 Å². The molecule has 0 bridgehead atoms. The first-order valence-corrected chi connectivity index (χ1v) is 7.65. The number of carbonyl (C=O) groups excluding carboxylic acids is 1. The van der Waals surface area contributed by atoms with Gasteiger partial charge in [-0.05, 0) is 43.4 Å². The number of amides is 1. The lowest BCUT2D eigenvalue weighted by Crippen LogP contribution is -2.32. The Bertz CT molecular complexity index is 463. The zero-order valence-corrected chi connectivity index (χ0v) is 12.7. The molecule has 0 spiro atoms. The summed E-state index contributed by atoms with van der Waals surface area (Å²) in [4.78, 5) is 14.2. The van der Waals surface area contributed by atoms with Gasteiger partial charge in [0.2, 0.25) is 0 Å². The third-order valence-electron chi connectivity index (χ3n) is 3.87. The summed E-state index contributed by atoms with van der Waals surface area (Å²) in [6, 6.07) is 4.52. The van der Waals surface area contributed by atoms with Crippen molar-refractivity contribution in [1.82, 2.24) is 4.90 Å². The fraction of sp³-hybridized carbons (Fsp3) is 0.533. The zero-order chi connectivity index (χ0) is 13.8. The molecule has 1 amide bonds. The van der Waals surface area contributed by atoms with E-state index in [0.29, 0.717) is 5.92 Å². The number of halogens is 2. The van der Waals surface area contributed by atoms with Crippen molar-refractivity contribution in [3.05, 3.63) is 34.1 Å². The van der Waals surface area contributed by atoms with Crippen LogP contribution >= 0.6 is 15.9 Å². The van der Waals surface area contributed by atoms with Crippen LogP contribution in [0.4, 0.5) is 4.39 Å². The number of likely N-dealkylation sites (tertiary alicyclic amines) is 1. The lowest BCUT2D eigenvalue weighted by Gasteiger charge is -2.21. The van der Waals surface area contributed by atoms with Gasteiger partial charge in [0.1, 0.15) is 5.82 Å². The van der Waals surface area contributed by atoms with E-state index in [1.165, 1.54) is 12.5 Å². The van der Waals surface area contributed by atoms with Crippen molar-refractivity contribution in [2.45, 2.75) is 32.6 Å². The highest BCUT2D eigenvalue weighted by atomic mass is 79.9. The van der Waals surface area contributed by atoms with Gasteiger partial charge in [0.15, 0.2) is 0 Å². The molecule has 0 aromatic heterocycles. The van der Waals surface area contributed by atoms with Crippen LogP contribution in [-0.4, -0.2) is 23.9 Å². The predicted molar refractivity (Wildman–Crippen MR) is 77.6 cm³/mol. The SMILES string of the molecule is CCC1CCCN(C(=O)c2cc(Br)ccc2F)CC1. The van der Waals surface area contributed by atoms with E-state index in [9.17, 15) is 9.18 Å². The van der Waals surface area contributed by atoms with E-state index in [0.717, 1.165) is 36.8 Å². The molecule has 2 rings (SSSR count). The minimum absolute atomic E-state index is 0.171. The highest BCUT2D eigenvalue weighted by Crippen LogP contribution is 2.23. The van der Waals surface area contributed by atoms with Crippen LogP contribution in [-0.2, 0) is 0 Å². The standard InChI is InChI=1S/C15H19BrFNO/c1-2-11-4-3-8-18(9-7-11)15(19)13-10-12(16)5-6-14(13)17/h5-6,10-11H,2-4,7-9H2,1H3. The van der Waals surface area contributed by atoms with Gasteiger partial charge >= 0.3 is 0 Å². The van der Waals surface area contributed by atoms with Crippen LogP contribution in [0.2, 0.25) is 0 Å². The highest BCUT2D eigenvalue weighted by molar-refractivity contribution is 9.10. The maximum Gasteiger partial charge on any atom is 0.256 e. The molecule has 1 heterocycles. The average Bonchev–Trinajstić information content (AvgIpc) is 2.66. The first kappa shape index (κ1) is 14.5. The van der Waals surface area contributed by atoms with Crippen molar-refractivity contribution < 1.29 is 9.18 Å². The maximum absolute atomic E-state index is 13.8. The number of rotatable bonds is 2. The molecular formula is C15H19BrFNO. The second kappa shape index (κ2) is 6.51. The molecule has 1 saturated heterocycles. The Balaban J connectivity index is 2.13. The number of carbonyl (C=O) groups is 1. The maximum atomic E-state index is 13.8. The van der Waals surface area contributed by atoms with Crippen molar-refractivity contribution in [2.75, 3.05) is 13.1 Å². The number of hydrogen-bond acceptors (Lipinski definition) is 1. The van der Waals surface area contributed by atoms with E-state index in [2.05, 4.69) is 22.9 Å². The van der Waals surface area contributed by atoms with E-state index >= 15 is 0 Å². The van der Waals surface area contributed by atoms with Crippen molar-refractivity contribution in [3.63, 3.8) is 0 Å². The van der Waals surface area contributed by atoms with Gasteiger partial charge in [0, 0.05) is 17.6 Å². The van der Waals surface area contributed by atoms with Crippen molar-refractivity contribution >= 4 is 21.8 Å². The first-order chi connectivity index (χ1) is 9.11. The van der Waals surface area contributed by atoms with Gasteiger partial charge in [0.25, 0.3) is 5.91 Å². The molecule has 1 aromatic carbocycles. The minimum atomic E-state index is -0.440. The molecule has 19 heavy (non-hydrogen) atoms. The summed E-state index contributed by atoms with van der Waals surface area (Å²) in [6.45, 7) is 3.67. The molecule has 104 valence electrons. The number of hydrogen-bond donors (Lipinski definition) is 0. The quantitative estimate of drug-likeness (QED) is 0.795. The van der Waals surface area contributed by atoms with Gasteiger partial charge in [-0.1, -0.05) is 29.3 Å². The van der Waals surface area contributed by atoms with Crippen molar-refractivity contribution in [3.8, 4) is 0 Å². The second-order valence-corrected chi connectivity index (χ2v) is 6.04. The number of nitrogens with zero attached hydrogens (tertiary/aromatic N) is 1. The Morgan fingerprint density at radius 1 is 1.42 bits per heavy atom. The fourth-order valence-corrected chi connectivity index (χ4v) is 2.97. The minimum Gasteiger partial charge on any atom is -0.339 e. The van der Waals surface area contributed by atoms with Gasteiger partial charge in [-0.25, -0.2) is 4.39 Å². The lowest BCUT2D eigenvalue weighted by molar-refractivity contribution is 0.0755. The molecule has 1 aliphatic heterocycles. The summed E-state index contributed by atoms with van der Waals surface area (Å²) in [6.07, 6.45) is 4.37. The molecule has 0 N–H and O–H groups in total. The van der Waals surface area contributed by atoms with E-state index in [4.69, 9.17) is 0 Å². The molecular weight excluding hydrogens is 309 g/mol. The molecule has 0 saturated carbocycles. The molecule has 0 aliphatic carbocycles. The zero-order valence-electron chi connectivity index (χ0n) is 11.2. The Morgan fingerprint density at radius 3 is 2.95 bits per heavy atom. The van der Waals surface area contributed by atoms with Gasteiger partial charge in [0.05, 0.1) is 5.56 Å². The van der Waals surface area contributed by atoms with Crippen LogP contribution in [0.5, 0.6) is 0 Å². The predicted octanol–water partition coefficient (Wildman–Crippen LogP) is 4.24. The Hall–Kier alpha value is -0.900. The van der Waals surface area contributed by atoms with Crippen LogP contribution in [0, 0.1) is 11.7 Å². The molecule has 1 aliphatic rings. The van der Waals surface area contributed by atoms with E-state index in [1.54, 1.807) is 17.0 Å². The second-order valence-electron chi connectivity index (χ2n) is 5.12. The topological polar surface area (TPSA) is 20.3 Å². The Morgan fingerprint density at radius 2 is 2.21 bits per heavy atom. The summed E-state index contributed by atoms with van der Waals surface area (Å²) in [5, 5.41) is 0. The van der Waals surface area contributed by atoms with E-state index in [1.807, 2.05) is 0 Å². The van der Waals surface area contributed by atoms with Crippen LogP contribution in [0.15, 0.2) is 22.7 Å². The fourth-order valence-electron chi connectivity index (χ4n) is 2.61. The molecule has 1 fully saturated rings. The first-order valence-electron chi connectivity index (χ1n) is 6.86. The highest BCUT2D eigenvalue weighted by Gasteiger charge is 2.22. The summed E-state index contributed by atoms with van der Waals surface area (Å²) in [5.74, 6) is 0.0743. The Labute approximate surface area is 122 Å². The summed E-state index contributed by atoms with van der Waals surface area (Å²) in [7, 11) is 0. The Kier molecular flexibility index (Phi) is 4.97. The molecule has 1 atom stereocenters. The molecule has 1 aromatic rings. The third kappa shape index (κ3) is 3.56. The number of benzene rings is 1. The van der Waals surface area contributed by atoms with Crippen molar-refractivity contribution in [2.24, 2.45) is 5.92 Å². The van der Waals surface area contributed by atoms with E-state index in [-0.39, 0.29) is 11.5 Å². The largest absolute Gasteiger partial charge is 0.339 e. The normalized spacial score (nSPS) is 20.2. The van der Waals surface area contributed by atoms with Crippen LogP contribution < -0.4 is 0 Å². The third-order valence-corrected chi connectivity index (χ3v) is 4.36. The molecule has 4 heteroatoms.